The van der Waals surface area contributed by atoms with Crippen LogP contribution in [0, 0.1) is 11.8 Å². The van der Waals surface area contributed by atoms with E-state index in [1.54, 1.807) is 0 Å². The summed E-state index contributed by atoms with van der Waals surface area (Å²) in [6.45, 7) is 6.67. The van der Waals surface area contributed by atoms with Gasteiger partial charge in [0.2, 0.25) is 5.91 Å². The van der Waals surface area contributed by atoms with Gasteiger partial charge in [0.1, 0.15) is 0 Å². The number of likely N-dealkylation sites (tertiary alicyclic amines) is 1. The number of nitrogens with zero attached hydrogens (tertiary/aromatic N) is 1. The molecule has 1 saturated carbocycles. The number of urea groups is 1. The van der Waals surface area contributed by atoms with Crippen LogP contribution in [0.5, 0.6) is 0 Å². The number of carbonyl (C=O) groups is 2. The van der Waals surface area contributed by atoms with Crippen molar-refractivity contribution in [2.45, 2.75) is 52.0 Å². The minimum Gasteiger partial charge on any atom is -0.342 e. The molecule has 0 spiro atoms. The summed E-state index contributed by atoms with van der Waals surface area (Å²) in [6.07, 6.45) is 4.89. The SMILES string of the molecule is CC(C)CNC(=O)N[C@H]1CC[C@@H](C(=O)N2CCCC2)C1. The fourth-order valence-electron chi connectivity index (χ4n) is 3.07. The molecule has 0 aromatic rings. The summed E-state index contributed by atoms with van der Waals surface area (Å²) >= 11 is 0. The Balaban J connectivity index is 1.71. The van der Waals surface area contributed by atoms with Gasteiger partial charge in [0.05, 0.1) is 0 Å². The van der Waals surface area contributed by atoms with Gasteiger partial charge in [-0.2, -0.15) is 0 Å². The van der Waals surface area contributed by atoms with Crippen molar-refractivity contribution in [1.29, 1.82) is 0 Å². The van der Waals surface area contributed by atoms with E-state index in [0.717, 1.165) is 45.2 Å². The summed E-state index contributed by atoms with van der Waals surface area (Å²) < 4.78 is 0. The maximum atomic E-state index is 12.3. The first-order valence-electron chi connectivity index (χ1n) is 7.89. The first kappa shape index (κ1) is 15.1. The number of carbonyl (C=O) groups excluding carboxylic acids is 2. The highest BCUT2D eigenvalue weighted by molar-refractivity contribution is 5.80. The number of hydrogen-bond donors (Lipinski definition) is 2. The van der Waals surface area contributed by atoms with Gasteiger partial charge in [-0.3, -0.25) is 4.79 Å². The van der Waals surface area contributed by atoms with Crippen molar-refractivity contribution in [3.8, 4) is 0 Å². The van der Waals surface area contributed by atoms with Gasteiger partial charge in [0.15, 0.2) is 0 Å². The van der Waals surface area contributed by atoms with Crippen LogP contribution in [0.2, 0.25) is 0 Å². The Morgan fingerprint density at radius 3 is 2.55 bits per heavy atom. The van der Waals surface area contributed by atoms with E-state index in [4.69, 9.17) is 0 Å². The van der Waals surface area contributed by atoms with E-state index in [1.807, 2.05) is 4.90 Å². The van der Waals surface area contributed by atoms with Crippen LogP contribution < -0.4 is 10.6 Å². The van der Waals surface area contributed by atoms with Crippen molar-refractivity contribution in [2.75, 3.05) is 19.6 Å². The molecule has 5 nitrogen and oxygen atoms in total. The molecule has 0 bridgehead atoms. The van der Waals surface area contributed by atoms with Gasteiger partial charge in [-0.1, -0.05) is 13.8 Å². The number of nitrogens with one attached hydrogen (secondary N) is 2. The fraction of sp³-hybridized carbons (Fsp3) is 0.867. The molecule has 0 aromatic heterocycles. The third kappa shape index (κ3) is 4.12. The minimum absolute atomic E-state index is 0.0991. The number of hydrogen-bond acceptors (Lipinski definition) is 2. The molecule has 20 heavy (non-hydrogen) atoms. The van der Waals surface area contributed by atoms with Gasteiger partial charge in [-0.25, -0.2) is 4.79 Å². The Hall–Kier alpha value is -1.26. The zero-order valence-electron chi connectivity index (χ0n) is 12.7. The zero-order valence-corrected chi connectivity index (χ0v) is 12.7. The van der Waals surface area contributed by atoms with Gasteiger partial charge < -0.3 is 15.5 Å². The highest BCUT2D eigenvalue weighted by atomic mass is 16.2. The molecule has 2 rings (SSSR count). The topological polar surface area (TPSA) is 61.4 Å². The average Bonchev–Trinajstić information content (AvgIpc) is 3.06. The molecular weight excluding hydrogens is 254 g/mol. The quantitative estimate of drug-likeness (QED) is 0.824. The molecule has 1 saturated heterocycles. The summed E-state index contributed by atoms with van der Waals surface area (Å²) in [7, 11) is 0. The Labute approximate surface area is 121 Å². The minimum atomic E-state index is -0.0991. The van der Waals surface area contributed by atoms with Crippen molar-refractivity contribution in [3.05, 3.63) is 0 Å². The normalized spacial score (nSPS) is 26.1. The molecule has 0 radical (unpaired) electrons. The zero-order chi connectivity index (χ0) is 14.5. The molecule has 3 amide bonds. The van der Waals surface area contributed by atoms with E-state index in [-0.39, 0.29) is 18.0 Å². The van der Waals surface area contributed by atoms with Crippen LogP contribution in [0.1, 0.15) is 46.0 Å². The Kier molecular flexibility index (Phi) is 5.26. The molecule has 1 aliphatic heterocycles. The van der Waals surface area contributed by atoms with Gasteiger partial charge in [0, 0.05) is 31.6 Å². The molecule has 2 aliphatic rings. The van der Waals surface area contributed by atoms with Crippen molar-refractivity contribution < 1.29 is 9.59 Å². The first-order chi connectivity index (χ1) is 9.56. The Morgan fingerprint density at radius 2 is 1.90 bits per heavy atom. The van der Waals surface area contributed by atoms with Crippen LogP contribution >= 0.6 is 0 Å². The highest BCUT2D eigenvalue weighted by Gasteiger charge is 2.34. The molecule has 1 aliphatic carbocycles. The molecule has 2 atom stereocenters. The molecule has 2 fully saturated rings. The van der Waals surface area contributed by atoms with E-state index in [1.165, 1.54) is 0 Å². The molecule has 2 N–H and O–H groups in total. The summed E-state index contributed by atoms with van der Waals surface area (Å²) in [6, 6.07) is 0.0525. The van der Waals surface area contributed by atoms with Crippen molar-refractivity contribution >= 4 is 11.9 Å². The van der Waals surface area contributed by atoms with Gasteiger partial charge in [0.25, 0.3) is 0 Å². The van der Waals surface area contributed by atoms with Gasteiger partial charge >= 0.3 is 6.03 Å². The maximum absolute atomic E-state index is 12.3. The lowest BCUT2D eigenvalue weighted by Crippen LogP contribution is -2.42. The largest absolute Gasteiger partial charge is 0.342 e. The van der Waals surface area contributed by atoms with Crippen LogP contribution in [0.25, 0.3) is 0 Å². The lowest BCUT2D eigenvalue weighted by Gasteiger charge is -2.20. The van der Waals surface area contributed by atoms with E-state index in [0.29, 0.717) is 18.4 Å². The van der Waals surface area contributed by atoms with Crippen molar-refractivity contribution in [3.63, 3.8) is 0 Å². The van der Waals surface area contributed by atoms with Crippen molar-refractivity contribution in [1.82, 2.24) is 15.5 Å². The lowest BCUT2D eigenvalue weighted by molar-refractivity contribution is -0.134. The van der Waals surface area contributed by atoms with Crippen LogP contribution in [-0.4, -0.2) is 42.5 Å². The summed E-state index contributed by atoms with van der Waals surface area (Å²) in [5, 5.41) is 5.85. The Morgan fingerprint density at radius 1 is 1.20 bits per heavy atom. The number of rotatable bonds is 4. The molecule has 0 aromatic carbocycles. The highest BCUT2D eigenvalue weighted by Crippen LogP contribution is 2.28. The molecule has 1 heterocycles. The third-order valence-corrected chi connectivity index (χ3v) is 4.21. The molecular formula is C15H27N3O2. The maximum Gasteiger partial charge on any atom is 0.315 e. The monoisotopic (exact) mass is 281 g/mol. The summed E-state index contributed by atoms with van der Waals surface area (Å²) in [5.41, 5.74) is 0. The standard InChI is InChI=1S/C15H27N3O2/c1-11(2)10-16-15(20)17-13-6-5-12(9-13)14(19)18-7-3-4-8-18/h11-13H,3-10H2,1-2H3,(H2,16,17,20)/t12-,13+/m1/s1. The van der Waals surface area contributed by atoms with E-state index in [2.05, 4.69) is 24.5 Å². The van der Waals surface area contributed by atoms with Gasteiger partial charge in [-0.15, -0.1) is 0 Å². The predicted molar refractivity (Wildman–Crippen MR) is 78.3 cm³/mol. The third-order valence-electron chi connectivity index (χ3n) is 4.21. The van der Waals surface area contributed by atoms with Gasteiger partial charge in [-0.05, 0) is 38.0 Å². The summed E-state index contributed by atoms with van der Waals surface area (Å²) in [4.78, 5) is 26.0. The van der Waals surface area contributed by atoms with Crippen molar-refractivity contribution in [2.24, 2.45) is 11.8 Å². The predicted octanol–water partition coefficient (Wildman–Crippen LogP) is 1.73. The van der Waals surface area contributed by atoms with Crippen LogP contribution in [-0.2, 0) is 4.79 Å². The molecule has 5 heteroatoms. The molecule has 0 unspecified atom stereocenters. The second-order valence-corrected chi connectivity index (χ2v) is 6.49. The Bertz CT molecular complexity index is 351. The second-order valence-electron chi connectivity index (χ2n) is 6.49. The van der Waals surface area contributed by atoms with E-state index >= 15 is 0 Å². The fourth-order valence-corrected chi connectivity index (χ4v) is 3.07. The van der Waals surface area contributed by atoms with E-state index in [9.17, 15) is 9.59 Å². The smallest absolute Gasteiger partial charge is 0.315 e. The number of amides is 3. The molecule has 114 valence electrons. The second kappa shape index (κ2) is 6.95. The summed E-state index contributed by atoms with van der Waals surface area (Å²) in [5.74, 6) is 0.867. The van der Waals surface area contributed by atoms with Crippen LogP contribution in [0.15, 0.2) is 0 Å². The van der Waals surface area contributed by atoms with Crippen LogP contribution in [0.4, 0.5) is 4.79 Å². The van der Waals surface area contributed by atoms with E-state index < -0.39 is 0 Å². The average molecular weight is 281 g/mol. The van der Waals surface area contributed by atoms with Crippen LogP contribution in [0.3, 0.4) is 0 Å². The first-order valence-corrected chi connectivity index (χ1v) is 7.89. The lowest BCUT2D eigenvalue weighted by atomic mass is 10.1.